The molecule has 2 N–H and O–H groups in total. The van der Waals surface area contributed by atoms with E-state index in [2.05, 4.69) is 26.6 Å². The zero-order valence-corrected chi connectivity index (χ0v) is 16.2. The second kappa shape index (κ2) is 10.4. The lowest BCUT2D eigenvalue weighted by molar-refractivity contribution is -0.0512. The standard InChI is InChI=1S/C18H27F2N3O2S/c1-4-21-18(23-13-6-7-14(10-13)26-3)22-11-12-5-8-15(24-2)16(9-12)25-17(19)20/h5,8-9,13-14,17H,4,6-7,10-11H2,1-3H3,(H2,21,22,23). The molecule has 0 aromatic heterocycles. The van der Waals surface area contributed by atoms with E-state index in [0.29, 0.717) is 17.8 Å². The van der Waals surface area contributed by atoms with Gasteiger partial charge in [0.15, 0.2) is 17.5 Å². The first-order valence-electron chi connectivity index (χ1n) is 8.75. The van der Waals surface area contributed by atoms with Crippen molar-refractivity contribution >= 4 is 17.7 Å². The molecule has 0 spiro atoms. The molecule has 1 aromatic carbocycles. The van der Waals surface area contributed by atoms with Crippen molar-refractivity contribution in [3.63, 3.8) is 0 Å². The minimum Gasteiger partial charge on any atom is -0.493 e. The summed E-state index contributed by atoms with van der Waals surface area (Å²) in [5, 5.41) is 7.41. The second-order valence-electron chi connectivity index (χ2n) is 6.07. The number of nitrogens with one attached hydrogen (secondary N) is 2. The Hall–Kier alpha value is -1.70. The number of thioether (sulfide) groups is 1. The van der Waals surface area contributed by atoms with Gasteiger partial charge in [0, 0.05) is 17.8 Å². The Kier molecular flexibility index (Phi) is 8.28. The third-order valence-electron chi connectivity index (χ3n) is 4.27. The van der Waals surface area contributed by atoms with Gasteiger partial charge in [0.1, 0.15) is 0 Å². The fourth-order valence-electron chi connectivity index (χ4n) is 2.98. The Bertz CT molecular complexity index is 602. The summed E-state index contributed by atoms with van der Waals surface area (Å²) in [6.07, 6.45) is 5.62. The maximum atomic E-state index is 12.5. The van der Waals surface area contributed by atoms with E-state index in [0.717, 1.165) is 30.9 Å². The normalized spacial score (nSPS) is 20.3. The fourth-order valence-corrected chi connectivity index (χ4v) is 3.77. The number of aliphatic imine (C=N–C) groups is 1. The maximum Gasteiger partial charge on any atom is 0.387 e. The average molecular weight is 387 g/mol. The van der Waals surface area contributed by atoms with E-state index in [4.69, 9.17) is 4.74 Å². The van der Waals surface area contributed by atoms with Crippen molar-refractivity contribution in [3.8, 4) is 11.5 Å². The lowest BCUT2D eigenvalue weighted by Crippen LogP contribution is -2.42. The molecule has 0 saturated heterocycles. The van der Waals surface area contributed by atoms with Crippen molar-refractivity contribution in [3.05, 3.63) is 23.8 Å². The number of halogens is 2. The van der Waals surface area contributed by atoms with Crippen LogP contribution in [0.2, 0.25) is 0 Å². The van der Waals surface area contributed by atoms with Crippen LogP contribution in [-0.2, 0) is 6.54 Å². The number of hydrogen-bond donors (Lipinski definition) is 2. The predicted octanol–water partition coefficient (Wildman–Crippen LogP) is 3.64. The van der Waals surface area contributed by atoms with Crippen LogP contribution < -0.4 is 20.1 Å². The molecule has 1 saturated carbocycles. The predicted molar refractivity (Wildman–Crippen MR) is 103 cm³/mol. The highest BCUT2D eigenvalue weighted by atomic mass is 32.2. The van der Waals surface area contributed by atoms with Crippen LogP contribution in [0, 0.1) is 0 Å². The molecule has 26 heavy (non-hydrogen) atoms. The third kappa shape index (κ3) is 6.23. The van der Waals surface area contributed by atoms with Crippen molar-refractivity contribution < 1.29 is 18.3 Å². The van der Waals surface area contributed by atoms with Crippen LogP contribution in [0.5, 0.6) is 11.5 Å². The molecule has 0 bridgehead atoms. The summed E-state index contributed by atoms with van der Waals surface area (Å²) < 4.78 is 34.7. The van der Waals surface area contributed by atoms with E-state index >= 15 is 0 Å². The van der Waals surface area contributed by atoms with Gasteiger partial charge in [-0.05, 0) is 50.1 Å². The van der Waals surface area contributed by atoms with Crippen molar-refractivity contribution in [1.82, 2.24) is 10.6 Å². The molecule has 0 radical (unpaired) electrons. The van der Waals surface area contributed by atoms with Gasteiger partial charge in [-0.3, -0.25) is 0 Å². The molecule has 1 aliphatic carbocycles. The molecule has 0 amide bonds. The molecular weight excluding hydrogens is 360 g/mol. The van der Waals surface area contributed by atoms with E-state index < -0.39 is 6.61 Å². The highest BCUT2D eigenvalue weighted by Gasteiger charge is 2.24. The molecule has 146 valence electrons. The monoisotopic (exact) mass is 387 g/mol. The summed E-state index contributed by atoms with van der Waals surface area (Å²) in [7, 11) is 1.42. The maximum absolute atomic E-state index is 12.5. The van der Waals surface area contributed by atoms with Crippen LogP contribution in [0.25, 0.3) is 0 Å². The second-order valence-corrected chi connectivity index (χ2v) is 7.21. The summed E-state index contributed by atoms with van der Waals surface area (Å²) in [6, 6.07) is 5.36. The summed E-state index contributed by atoms with van der Waals surface area (Å²) >= 11 is 1.91. The lowest BCUT2D eigenvalue weighted by atomic mass is 10.2. The number of guanidine groups is 1. The molecule has 2 unspecified atom stereocenters. The van der Waals surface area contributed by atoms with E-state index in [1.807, 2.05) is 18.7 Å². The number of alkyl halides is 2. The number of nitrogens with zero attached hydrogens (tertiary/aromatic N) is 1. The molecule has 2 rings (SSSR count). The van der Waals surface area contributed by atoms with Crippen molar-refractivity contribution in [2.45, 2.75) is 50.6 Å². The smallest absolute Gasteiger partial charge is 0.387 e. The first-order chi connectivity index (χ1) is 12.5. The van der Waals surface area contributed by atoms with Crippen molar-refractivity contribution in [1.29, 1.82) is 0 Å². The van der Waals surface area contributed by atoms with Crippen LogP contribution in [-0.4, -0.2) is 43.8 Å². The molecule has 5 nitrogen and oxygen atoms in total. The van der Waals surface area contributed by atoms with E-state index in [1.54, 1.807) is 12.1 Å². The first kappa shape index (κ1) is 20.6. The minimum absolute atomic E-state index is 0.0202. The van der Waals surface area contributed by atoms with Crippen LogP contribution in [0.15, 0.2) is 23.2 Å². The molecule has 1 fully saturated rings. The number of hydrogen-bond acceptors (Lipinski definition) is 4. The SMILES string of the molecule is CCNC(=NCc1ccc(OC)c(OC(F)F)c1)NC1CCC(SC)C1. The van der Waals surface area contributed by atoms with Crippen LogP contribution >= 0.6 is 11.8 Å². The third-order valence-corrected chi connectivity index (χ3v) is 5.36. The number of methoxy groups -OCH3 is 1. The minimum atomic E-state index is -2.90. The Balaban J connectivity index is 2.04. The number of rotatable bonds is 8. The molecule has 2 atom stereocenters. The molecule has 1 aliphatic rings. The molecular formula is C18H27F2N3O2S. The number of benzene rings is 1. The van der Waals surface area contributed by atoms with Gasteiger partial charge in [-0.15, -0.1) is 0 Å². The highest BCUT2D eigenvalue weighted by Crippen LogP contribution is 2.30. The number of ether oxygens (including phenoxy) is 2. The molecule has 8 heteroatoms. The molecule has 1 aromatic rings. The average Bonchev–Trinajstić information content (AvgIpc) is 3.07. The topological polar surface area (TPSA) is 54.9 Å². The quantitative estimate of drug-likeness (QED) is 0.527. The van der Waals surface area contributed by atoms with Gasteiger partial charge in [-0.2, -0.15) is 20.5 Å². The highest BCUT2D eigenvalue weighted by molar-refractivity contribution is 7.99. The summed E-state index contributed by atoms with van der Waals surface area (Å²) in [5.41, 5.74) is 0.770. The van der Waals surface area contributed by atoms with E-state index in [1.165, 1.54) is 19.6 Å². The van der Waals surface area contributed by atoms with Gasteiger partial charge in [0.05, 0.1) is 13.7 Å². The Morgan fingerprint density at radius 3 is 2.77 bits per heavy atom. The van der Waals surface area contributed by atoms with Crippen LogP contribution in [0.4, 0.5) is 8.78 Å². The van der Waals surface area contributed by atoms with Gasteiger partial charge >= 0.3 is 6.61 Å². The summed E-state index contributed by atoms with van der Waals surface area (Å²) in [4.78, 5) is 4.58. The lowest BCUT2D eigenvalue weighted by Gasteiger charge is -2.17. The van der Waals surface area contributed by atoms with E-state index in [-0.39, 0.29) is 11.5 Å². The zero-order valence-electron chi connectivity index (χ0n) is 15.4. The van der Waals surface area contributed by atoms with Crippen molar-refractivity contribution in [2.75, 3.05) is 19.9 Å². The van der Waals surface area contributed by atoms with Gasteiger partial charge in [-0.25, -0.2) is 4.99 Å². The zero-order chi connectivity index (χ0) is 18.9. The van der Waals surface area contributed by atoms with Gasteiger partial charge in [0.25, 0.3) is 0 Å². The summed E-state index contributed by atoms with van der Waals surface area (Å²) in [6.45, 7) is 0.233. The fraction of sp³-hybridized carbons (Fsp3) is 0.611. The summed E-state index contributed by atoms with van der Waals surface area (Å²) in [5.74, 6) is 1.04. The Morgan fingerprint density at radius 2 is 2.15 bits per heavy atom. The molecule has 0 heterocycles. The van der Waals surface area contributed by atoms with Gasteiger partial charge in [0.2, 0.25) is 0 Å². The Labute approximate surface area is 157 Å². The van der Waals surface area contributed by atoms with Gasteiger partial charge < -0.3 is 20.1 Å². The van der Waals surface area contributed by atoms with E-state index in [9.17, 15) is 8.78 Å². The van der Waals surface area contributed by atoms with Crippen LogP contribution in [0.1, 0.15) is 31.7 Å². The first-order valence-corrected chi connectivity index (χ1v) is 10.0. The Morgan fingerprint density at radius 1 is 1.35 bits per heavy atom. The molecule has 0 aliphatic heterocycles. The van der Waals surface area contributed by atoms with Crippen molar-refractivity contribution in [2.24, 2.45) is 4.99 Å². The largest absolute Gasteiger partial charge is 0.493 e. The van der Waals surface area contributed by atoms with Crippen LogP contribution in [0.3, 0.4) is 0 Å². The van der Waals surface area contributed by atoms with Gasteiger partial charge in [-0.1, -0.05) is 6.07 Å².